The molecule has 0 N–H and O–H groups in total. The summed E-state index contributed by atoms with van der Waals surface area (Å²) in [6.07, 6.45) is 3.34. The fourth-order valence-corrected chi connectivity index (χ4v) is 4.31. The molecule has 2 atom stereocenters. The van der Waals surface area contributed by atoms with E-state index in [0.29, 0.717) is 0 Å². The van der Waals surface area contributed by atoms with Gasteiger partial charge in [0.2, 0.25) is 0 Å². The van der Waals surface area contributed by atoms with Gasteiger partial charge in [0.25, 0.3) is 5.91 Å². The molecule has 2 aromatic carbocycles. The maximum atomic E-state index is 13.6. The number of aryl methyl sites for hydroxylation is 1. The molecule has 0 bridgehead atoms. The van der Waals surface area contributed by atoms with Crippen LogP contribution in [0.5, 0.6) is 0 Å². The molecule has 1 aliphatic heterocycles. The Morgan fingerprint density at radius 2 is 1.67 bits per heavy atom. The summed E-state index contributed by atoms with van der Waals surface area (Å²) in [5.74, 6) is 0.128. The average molecular weight is 358 g/mol. The minimum Gasteiger partial charge on any atom is -0.333 e. The molecule has 0 spiro atoms. The Hall–Kier alpha value is -2.68. The van der Waals surface area contributed by atoms with E-state index in [9.17, 15) is 4.79 Å². The molecule has 3 nitrogen and oxygen atoms in total. The lowest BCUT2D eigenvalue weighted by atomic mass is 9.95. The van der Waals surface area contributed by atoms with Crippen LogP contribution in [0.1, 0.15) is 49.0 Å². The summed E-state index contributed by atoms with van der Waals surface area (Å²) in [5.41, 5.74) is 4.75. The van der Waals surface area contributed by atoms with Crippen molar-refractivity contribution in [2.75, 3.05) is 0 Å². The second-order valence-corrected chi connectivity index (χ2v) is 7.73. The van der Waals surface area contributed by atoms with Gasteiger partial charge in [-0.2, -0.15) is 0 Å². The number of piperidine rings is 1. The number of benzene rings is 2. The van der Waals surface area contributed by atoms with E-state index >= 15 is 0 Å². The summed E-state index contributed by atoms with van der Waals surface area (Å²) in [6, 6.07) is 18.7. The number of nitrogens with zero attached hydrogens (tertiary/aromatic N) is 2. The Balaban J connectivity index is 1.89. The highest BCUT2D eigenvalue weighted by atomic mass is 16.2. The lowest BCUT2D eigenvalue weighted by Gasteiger charge is -2.39. The van der Waals surface area contributed by atoms with Crippen LogP contribution in [0.2, 0.25) is 0 Å². The van der Waals surface area contributed by atoms with E-state index in [0.717, 1.165) is 40.6 Å². The lowest BCUT2D eigenvalue weighted by molar-refractivity contribution is 0.0513. The van der Waals surface area contributed by atoms with Gasteiger partial charge in [-0.05, 0) is 57.7 Å². The Kier molecular flexibility index (Phi) is 4.69. The molecular weight excluding hydrogens is 332 g/mol. The summed E-state index contributed by atoms with van der Waals surface area (Å²) in [6.45, 7) is 6.42. The molecule has 2 heterocycles. The molecule has 4 rings (SSSR count). The molecule has 3 aromatic rings. The van der Waals surface area contributed by atoms with Crippen LogP contribution in [-0.2, 0) is 0 Å². The normalized spacial score (nSPS) is 20.0. The molecule has 1 saturated heterocycles. The summed E-state index contributed by atoms with van der Waals surface area (Å²) < 4.78 is 0. The van der Waals surface area contributed by atoms with Crippen molar-refractivity contribution in [1.29, 1.82) is 0 Å². The van der Waals surface area contributed by atoms with Crippen molar-refractivity contribution in [2.24, 2.45) is 0 Å². The van der Waals surface area contributed by atoms with Gasteiger partial charge in [-0.3, -0.25) is 4.79 Å². The second kappa shape index (κ2) is 7.15. The van der Waals surface area contributed by atoms with E-state index in [2.05, 4.69) is 37.8 Å². The van der Waals surface area contributed by atoms with Gasteiger partial charge >= 0.3 is 0 Å². The van der Waals surface area contributed by atoms with Gasteiger partial charge in [0.15, 0.2) is 0 Å². The molecule has 0 radical (unpaired) electrons. The maximum absolute atomic E-state index is 13.6. The first-order valence-electron chi connectivity index (χ1n) is 9.84. The zero-order valence-electron chi connectivity index (χ0n) is 16.3. The molecule has 27 heavy (non-hydrogen) atoms. The van der Waals surface area contributed by atoms with Crippen molar-refractivity contribution in [3.05, 3.63) is 65.7 Å². The van der Waals surface area contributed by atoms with Crippen LogP contribution in [0.3, 0.4) is 0 Å². The quantitative estimate of drug-likeness (QED) is 0.596. The summed E-state index contributed by atoms with van der Waals surface area (Å²) in [5, 5.41) is 0.935. The zero-order chi connectivity index (χ0) is 19.0. The van der Waals surface area contributed by atoms with Crippen molar-refractivity contribution in [3.8, 4) is 11.3 Å². The average Bonchev–Trinajstić information content (AvgIpc) is 2.67. The minimum atomic E-state index is 0.128. The molecule has 138 valence electrons. The second-order valence-electron chi connectivity index (χ2n) is 7.73. The molecule has 1 amide bonds. The molecule has 3 heteroatoms. The molecule has 1 aromatic heterocycles. The molecule has 0 saturated carbocycles. The molecule has 0 unspecified atom stereocenters. The number of para-hydroxylation sites is 1. The van der Waals surface area contributed by atoms with Gasteiger partial charge in [0.05, 0.1) is 16.8 Å². The van der Waals surface area contributed by atoms with E-state index < -0.39 is 0 Å². The third-order valence-electron chi connectivity index (χ3n) is 5.80. The fraction of sp³-hybridized carbons (Fsp3) is 0.333. The topological polar surface area (TPSA) is 33.2 Å². The van der Waals surface area contributed by atoms with Gasteiger partial charge < -0.3 is 4.90 Å². The van der Waals surface area contributed by atoms with Crippen LogP contribution in [0, 0.1) is 6.92 Å². The van der Waals surface area contributed by atoms with Crippen LogP contribution in [0.4, 0.5) is 0 Å². The number of amides is 1. The Bertz CT molecular complexity index is 985. The minimum absolute atomic E-state index is 0.128. The van der Waals surface area contributed by atoms with Gasteiger partial charge in [0.1, 0.15) is 0 Å². The summed E-state index contributed by atoms with van der Waals surface area (Å²) in [7, 11) is 0. The number of fused-ring (bicyclic) bond motifs is 1. The Morgan fingerprint density at radius 3 is 2.41 bits per heavy atom. The van der Waals surface area contributed by atoms with E-state index in [1.807, 2.05) is 42.5 Å². The van der Waals surface area contributed by atoms with Gasteiger partial charge in [-0.25, -0.2) is 4.98 Å². The van der Waals surface area contributed by atoms with E-state index in [-0.39, 0.29) is 18.0 Å². The Morgan fingerprint density at radius 1 is 1.00 bits per heavy atom. The van der Waals surface area contributed by atoms with E-state index in [4.69, 9.17) is 4.98 Å². The number of hydrogen-bond acceptors (Lipinski definition) is 2. The first-order valence-corrected chi connectivity index (χ1v) is 9.84. The van der Waals surface area contributed by atoms with Crippen LogP contribution >= 0.6 is 0 Å². The molecule has 0 aliphatic carbocycles. The number of pyridine rings is 1. The highest BCUT2D eigenvalue weighted by Gasteiger charge is 2.30. The number of hydrogen-bond donors (Lipinski definition) is 0. The Labute approximate surface area is 161 Å². The third-order valence-corrected chi connectivity index (χ3v) is 5.80. The largest absolute Gasteiger partial charge is 0.333 e. The fourth-order valence-electron chi connectivity index (χ4n) is 4.31. The highest BCUT2D eigenvalue weighted by molar-refractivity contribution is 6.07. The van der Waals surface area contributed by atoms with Gasteiger partial charge in [-0.1, -0.05) is 42.5 Å². The number of likely N-dealkylation sites (tertiary alicyclic amines) is 1. The van der Waals surface area contributed by atoms with Gasteiger partial charge in [0, 0.05) is 23.0 Å². The molecular formula is C24H26N2O. The van der Waals surface area contributed by atoms with Crippen LogP contribution < -0.4 is 0 Å². The predicted molar refractivity (Wildman–Crippen MR) is 111 cm³/mol. The van der Waals surface area contributed by atoms with Crippen molar-refractivity contribution in [3.63, 3.8) is 0 Å². The first-order chi connectivity index (χ1) is 13.1. The third kappa shape index (κ3) is 3.23. The number of rotatable bonds is 2. The SMILES string of the molecule is Cc1ccccc1-c1cc(C(=O)N2[C@H](C)CCC[C@H]2C)c2ccccc2n1. The lowest BCUT2D eigenvalue weighted by Crippen LogP contribution is -2.47. The molecule has 1 aliphatic rings. The van der Waals surface area contributed by atoms with Gasteiger partial charge in [-0.15, -0.1) is 0 Å². The standard InChI is InChI=1S/C24H26N2O/c1-16-9-4-5-12-19(16)23-15-21(20-13-6-7-14-22(20)25-23)24(27)26-17(2)10-8-11-18(26)3/h4-7,9,12-15,17-18H,8,10-11H2,1-3H3/t17-,18-/m1/s1. The summed E-state index contributed by atoms with van der Waals surface area (Å²) in [4.78, 5) is 20.5. The first kappa shape index (κ1) is 17.7. The van der Waals surface area contributed by atoms with Crippen LogP contribution in [-0.4, -0.2) is 27.9 Å². The predicted octanol–water partition coefficient (Wildman–Crippen LogP) is 5.61. The number of carbonyl (C=O) groups is 1. The van der Waals surface area contributed by atoms with Crippen LogP contribution in [0.25, 0.3) is 22.2 Å². The molecule has 1 fully saturated rings. The van der Waals surface area contributed by atoms with Crippen LogP contribution in [0.15, 0.2) is 54.6 Å². The number of aromatic nitrogens is 1. The van der Waals surface area contributed by atoms with E-state index in [1.54, 1.807) is 0 Å². The number of carbonyl (C=O) groups excluding carboxylic acids is 1. The summed E-state index contributed by atoms with van der Waals surface area (Å²) >= 11 is 0. The monoisotopic (exact) mass is 358 g/mol. The highest BCUT2D eigenvalue weighted by Crippen LogP contribution is 2.30. The van der Waals surface area contributed by atoms with Crippen molar-refractivity contribution >= 4 is 16.8 Å². The maximum Gasteiger partial charge on any atom is 0.255 e. The van der Waals surface area contributed by atoms with E-state index in [1.165, 1.54) is 12.0 Å². The smallest absolute Gasteiger partial charge is 0.255 e. The van der Waals surface area contributed by atoms with Crippen molar-refractivity contribution in [1.82, 2.24) is 9.88 Å². The zero-order valence-corrected chi connectivity index (χ0v) is 16.3. The van der Waals surface area contributed by atoms with Crippen molar-refractivity contribution < 1.29 is 4.79 Å². The van der Waals surface area contributed by atoms with Crippen molar-refractivity contribution in [2.45, 2.75) is 52.1 Å².